The molecule has 0 radical (unpaired) electrons. The molecule has 0 unspecified atom stereocenters. The topological polar surface area (TPSA) is 75.6 Å². The maximum absolute atomic E-state index is 13.0. The van der Waals surface area contributed by atoms with Gasteiger partial charge in [-0.25, -0.2) is 13.0 Å². The van der Waals surface area contributed by atoms with Crippen molar-refractivity contribution >= 4 is 10.4 Å². The van der Waals surface area contributed by atoms with Gasteiger partial charge in [0, 0.05) is 12.5 Å². The van der Waals surface area contributed by atoms with Crippen molar-refractivity contribution in [1.82, 2.24) is 5.32 Å². The molecule has 0 aromatic carbocycles. The minimum atomic E-state index is -4.84. The monoisotopic (exact) mass is 271 g/mol. The molecule has 0 rings (SSSR count). The Balaban J connectivity index is 4.03. The second-order valence-corrected chi connectivity index (χ2v) is 4.55. The van der Waals surface area contributed by atoms with Gasteiger partial charge in [-0.1, -0.05) is 0 Å². The van der Waals surface area contributed by atoms with Crippen molar-refractivity contribution in [1.29, 1.82) is 0 Å². The zero-order valence-electron chi connectivity index (χ0n) is 9.53. The van der Waals surface area contributed by atoms with Crippen LogP contribution in [0.3, 0.4) is 0 Å². The van der Waals surface area contributed by atoms with Gasteiger partial charge in [-0.05, 0) is 13.8 Å². The average molecular weight is 271 g/mol. The van der Waals surface area contributed by atoms with Crippen LogP contribution in [0, 0.1) is 11.8 Å². The molecule has 0 aromatic heterocycles. The Morgan fingerprint density at radius 3 is 2.59 bits per heavy atom. The van der Waals surface area contributed by atoms with E-state index in [4.69, 9.17) is 4.55 Å². The number of hydrogen-bond acceptors (Lipinski definition) is 4. The predicted octanol–water partition coefficient (Wildman–Crippen LogP) is 0.833. The Morgan fingerprint density at radius 2 is 2.12 bits per heavy atom. The van der Waals surface area contributed by atoms with Gasteiger partial charge in [-0.3, -0.25) is 4.55 Å². The van der Waals surface area contributed by atoms with Gasteiger partial charge in [0.05, 0.1) is 6.54 Å². The highest BCUT2D eigenvalue weighted by Crippen LogP contribution is 2.13. The predicted molar refractivity (Wildman–Crippen MR) is 58.0 cm³/mol. The van der Waals surface area contributed by atoms with E-state index in [1.807, 2.05) is 0 Å². The highest BCUT2D eigenvalue weighted by atomic mass is 32.3. The summed E-state index contributed by atoms with van der Waals surface area (Å²) in [6, 6.07) is -0.251. The summed E-state index contributed by atoms with van der Waals surface area (Å²) in [6.45, 7) is 1.16. The Hall–Kier alpha value is -0.750. The van der Waals surface area contributed by atoms with Gasteiger partial charge in [-0.2, -0.15) is 8.42 Å². The molecule has 0 fully saturated rings. The van der Waals surface area contributed by atoms with Crippen LogP contribution in [0.4, 0.5) is 8.78 Å². The first kappa shape index (κ1) is 16.2. The van der Waals surface area contributed by atoms with Gasteiger partial charge in [-0.15, -0.1) is 11.8 Å². The largest absolute Gasteiger partial charge is 0.397 e. The molecule has 8 heteroatoms. The summed E-state index contributed by atoms with van der Waals surface area (Å²) in [6.07, 6.45) is 0.408. The second kappa shape index (κ2) is 6.86. The molecule has 0 aromatic rings. The molecule has 0 spiro atoms. The summed E-state index contributed by atoms with van der Waals surface area (Å²) >= 11 is 0. The molecule has 1 atom stereocenters. The normalized spacial score (nSPS) is 13.9. The fraction of sp³-hybridized carbons (Fsp3) is 0.778. The maximum Gasteiger partial charge on any atom is 0.397 e. The van der Waals surface area contributed by atoms with Crippen molar-refractivity contribution in [3.63, 3.8) is 0 Å². The standard InChI is InChI=1S/C9H15F2NO4S/c1-3-4-5-8(2)12-6-9(10,11)7-16-17(13,14)15/h8,12H,5-7H2,1-2H3,(H,13,14,15)/t8-/m1/s1. The van der Waals surface area contributed by atoms with Crippen LogP contribution in [-0.4, -0.2) is 38.1 Å². The molecular weight excluding hydrogens is 256 g/mol. The van der Waals surface area contributed by atoms with Gasteiger partial charge in [0.15, 0.2) is 0 Å². The van der Waals surface area contributed by atoms with Crippen LogP contribution in [-0.2, 0) is 14.6 Å². The van der Waals surface area contributed by atoms with E-state index in [1.165, 1.54) is 0 Å². The summed E-state index contributed by atoms with van der Waals surface area (Å²) in [5.41, 5.74) is 0. The van der Waals surface area contributed by atoms with Crippen molar-refractivity contribution in [2.75, 3.05) is 13.2 Å². The quantitative estimate of drug-likeness (QED) is 0.530. The number of alkyl halides is 2. The van der Waals surface area contributed by atoms with Crippen molar-refractivity contribution < 1.29 is 25.9 Å². The van der Waals surface area contributed by atoms with Crippen LogP contribution in [0.15, 0.2) is 0 Å². The third-order valence-electron chi connectivity index (χ3n) is 1.71. The molecule has 0 saturated carbocycles. The number of nitrogens with one attached hydrogen (secondary N) is 1. The first-order chi connectivity index (χ1) is 7.66. The van der Waals surface area contributed by atoms with E-state index in [9.17, 15) is 17.2 Å². The van der Waals surface area contributed by atoms with Crippen LogP contribution in [0.2, 0.25) is 0 Å². The molecule has 0 amide bonds. The first-order valence-corrected chi connectivity index (χ1v) is 6.15. The first-order valence-electron chi connectivity index (χ1n) is 4.79. The summed E-state index contributed by atoms with van der Waals surface area (Å²) in [4.78, 5) is 0. The van der Waals surface area contributed by atoms with Gasteiger partial charge in [0.2, 0.25) is 0 Å². The highest BCUT2D eigenvalue weighted by molar-refractivity contribution is 7.80. The molecule has 5 nitrogen and oxygen atoms in total. The molecule has 2 N–H and O–H groups in total. The molecule has 0 saturated heterocycles. The van der Waals surface area contributed by atoms with Crippen molar-refractivity contribution in [3.8, 4) is 11.8 Å². The second-order valence-electron chi connectivity index (χ2n) is 3.46. The minimum Gasteiger partial charge on any atom is -0.308 e. The van der Waals surface area contributed by atoms with Gasteiger partial charge < -0.3 is 5.32 Å². The van der Waals surface area contributed by atoms with E-state index in [1.54, 1.807) is 13.8 Å². The summed E-state index contributed by atoms with van der Waals surface area (Å²) in [5, 5.41) is 2.48. The Bertz CT molecular complexity index is 386. The Kier molecular flexibility index (Phi) is 6.56. The van der Waals surface area contributed by atoms with E-state index in [2.05, 4.69) is 21.3 Å². The lowest BCUT2D eigenvalue weighted by atomic mass is 10.2. The lowest BCUT2D eigenvalue weighted by Crippen LogP contribution is -2.41. The molecule has 100 valence electrons. The number of halogens is 2. The van der Waals surface area contributed by atoms with Crippen LogP contribution in [0.1, 0.15) is 20.3 Å². The maximum atomic E-state index is 13.0. The van der Waals surface area contributed by atoms with Gasteiger partial charge in [0.1, 0.15) is 6.61 Å². The van der Waals surface area contributed by atoms with Crippen molar-refractivity contribution in [3.05, 3.63) is 0 Å². The SMILES string of the molecule is CC#CC[C@@H](C)NCC(F)(F)COS(=O)(=O)O. The molecule has 0 aliphatic carbocycles. The third-order valence-corrected chi connectivity index (χ3v) is 2.13. The Morgan fingerprint density at radius 1 is 1.53 bits per heavy atom. The number of rotatable bonds is 7. The average Bonchev–Trinajstić information content (AvgIpc) is 2.20. The van der Waals surface area contributed by atoms with E-state index in [0.29, 0.717) is 6.42 Å². The lowest BCUT2D eigenvalue weighted by molar-refractivity contribution is -0.0414. The zero-order valence-corrected chi connectivity index (χ0v) is 10.4. The number of hydrogen-bond donors (Lipinski definition) is 2. The summed E-state index contributed by atoms with van der Waals surface area (Å²) in [5.74, 6) is 1.96. The third kappa shape index (κ3) is 10.1. The van der Waals surface area contributed by atoms with Crippen LogP contribution in [0.25, 0.3) is 0 Å². The van der Waals surface area contributed by atoms with Crippen LogP contribution in [0.5, 0.6) is 0 Å². The lowest BCUT2D eigenvalue weighted by Gasteiger charge is -2.18. The fourth-order valence-corrected chi connectivity index (χ4v) is 1.18. The highest BCUT2D eigenvalue weighted by Gasteiger charge is 2.31. The summed E-state index contributed by atoms with van der Waals surface area (Å²) < 4.78 is 58.1. The molecule has 0 bridgehead atoms. The van der Waals surface area contributed by atoms with Crippen molar-refractivity contribution in [2.45, 2.75) is 32.2 Å². The summed E-state index contributed by atoms with van der Waals surface area (Å²) in [7, 11) is -4.84. The van der Waals surface area contributed by atoms with Crippen LogP contribution < -0.4 is 5.32 Å². The van der Waals surface area contributed by atoms with E-state index in [0.717, 1.165) is 0 Å². The van der Waals surface area contributed by atoms with E-state index >= 15 is 0 Å². The fourth-order valence-electron chi connectivity index (χ4n) is 0.863. The Labute approximate surface area is 99.5 Å². The van der Waals surface area contributed by atoms with Gasteiger partial charge in [0.25, 0.3) is 5.92 Å². The molecule has 17 heavy (non-hydrogen) atoms. The molecule has 0 aliphatic rings. The van der Waals surface area contributed by atoms with Crippen molar-refractivity contribution in [2.24, 2.45) is 0 Å². The smallest absolute Gasteiger partial charge is 0.308 e. The molecular formula is C9H15F2NO4S. The molecule has 0 heterocycles. The minimum absolute atomic E-state index is 0.251. The van der Waals surface area contributed by atoms with Crippen LogP contribution >= 0.6 is 0 Å². The van der Waals surface area contributed by atoms with Gasteiger partial charge >= 0.3 is 10.4 Å². The van der Waals surface area contributed by atoms with E-state index < -0.39 is 29.5 Å². The molecule has 0 aliphatic heterocycles. The zero-order chi connectivity index (χ0) is 13.5. The van der Waals surface area contributed by atoms with E-state index in [-0.39, 0.29) is 6.04 Å².